The maximum atomic E-state index is 11.9. The Morgan fingerprint density at radius 1 is 1.58 bits per heavy atom. The Hall–Kier alpha value is -1.82. The summed E-state index contributed by atoms with van der Waals surface area (Å²) in [4.78, 5) is 23.6. The van der Waals surface area contributed by atoms with Crippen LogP contribution < -0.4 is 10.6 Å². The lowest BCUT2D eigenvalue weighted by atomic mass is 10.2. The largest absolute Gasteiger partial charge is 0.461 e. The molecule has 1 fully saturated rings. The summed E-state index contributed by atoms with van der Waals surface area (Å²) in [6, 6.07) is 1.50. The van der Waals surface area contributed by atoms with Gasteiger partial charge in [0.2, 0.25) is 5.91 Å². The predicted molar refractivity (Wildman–Crippen MR) is 71.0 cm³/mol. The van der Waals surface area contributed by atoms with E-state index in [2.05, 4.69) is 10.6 Å². The van der Waals surface area contributed by atoms with Gasteiger partial charge in [-0.2, -0.15) is 0 Å². The zero-order valence-corrected chi connectivity index (χ0v) is 11.2. The Morgan fingerprint density at radius 3 is 3.00 bits per heavy atom. The van der Waals surface area contributed by atoms with Gasteiger partial charge in [-0.3, -0.25) is 4.79 Å². The summed E-state index contributed by atoms with van der Waals surface area (Å²) in [5.41, 5.74) is 1.04. The second kappa shape index (κ2) is 5.88. The second-order valence-corrected chi connectivity index (χ2v) is 4.58. The molecule has 19 heavy (non-hydrogen) atoms. The first-order valence-corrected chi connectivity index (χ1v) is 6.49. The molecule has 1 aromatic rings. The van der Waals surface area contributed by atoms with Crippen molar-refractivity contribution in [1.82, 2.24) is 9.88 Å². The van der Waals surface area contributed by atoms with Crippen molar-refractivity contribution in [2.24, 2.45) is 7.05 Å². The van der Waals surface area contributed by atoms with E-state index in [1.807, 2.05) is 0 Å². The summed E-state index contributed by atoms with van der Waals surface area (Å²) in [7, 11) is 1.75. The van der Waals surface area contributed by atoms with Crippen LogP contribution in [0.5, 0.6) is 0 Å². The third-order valence-electron chi connectivity index (χ3n) is 3.13. The molecule has 1 aliphatic rings. The molecule has 2 N–H and O–H groups in total. The molecular weight excluding hydrogens is 246 g/mol. The van der Waals surface area contributed by atoms with Gasteiger partial charge >= 0.3 is 5.97 Å². The highest BCUT2D eigenvalue weighted by Crippen LogP contribution is 2.15. The van der Waals surface area contributed by atoms with Gasteiger partial charge in [-0.15, -0.1) is 0 Å². The van der Waals surface area contributed by atoms with Gasteiger partial charge in [0.05, 0.1) is 18.3 Å². The number of hydrogen-bond acceptors (Lipinski definition) is 4. The molecule has 0 bridgehead atoms. The number of amides is 1. The number of aromatic nitrogens is 1. The highest BCUT2D eigenvalue weighted by atomic mass is 16.5. The summed E-state index contributed by atoms with van der Waals surface area (Å²) in [5, 5.41) is 5.94. The Bertz CT molecular complexity index is 475. The van der Waals surface area contributed by atoms with Gasteiger partial charge in [0, 0.05) is 13.2 Å². The normalized spacial score (nSPS) is 18.3. The molecule has 2 heterocycles. The maximum Gasteiger partial charge on any atom is 0.355 e. The van der Waals surface area contributed by atoms with Crippen molar-refractivity contribution < 1.29 is 14.3 Å². The fourth-order valence-corrected chi connectivity index (χ4v) is 2.18. The highest BCUT2D eigenvalue weighted by Gasteiger charge is 2.23. The zero-order valence-electron chi connectivity index (χ0n) is 11.2. The van der Waals surface area contributed by atoms with Crippen molar-refractivity contribution in [2.45, 2.75) is 25.8 Å². The van der Waals surface area contributed by atoms with Gasteiger partial charge < -0.3 is 19.9 Å². The van der Waals surface area contributed by atoms with E-state index < -0.39 is 0 Å². The number of hydrogen-bond donors (Lipinski definition) is 2. The highest BCUT2D eigenvalue weighted by molar-refractivity contribution is 5.97. The van der Waals surface area contributed by atoms with Crippen LogP contribution in [0.1, 0.15) is 30.3 Å². The number of nitrogens with zero attached hydrogens (tertiary/aromatic N) is 1. The first-order valence-electron chi connectivity index (χ1n) is 6.49. The van der Waals surface area contributed by atoms with Gasteiger partial charge in [-0.25, -0.2) is 4.79 Å². The third kappa shape index (κ3) is 3.14. The predicted octanol–water partition coefficient (Wildman–Crippen LogP) is 0.892. The van der Waals surface area contributed by atoms with Crippen molar-refractivity contribution in [1.29, 1.82) is 0 Å². The molecule has 1 aromatic heterocycles. The Balaban J connectivity index is 2.03. The van der Waals surface area contributed by atoms with Crippen LogP contribution in [0.25, 0.3) is 0 Å². The summed E-state index contributed by atoms with van der Waals surface area (Å²) < 4.78 is 6.59. The third-order valence-corrected chi connectivity index (χ3v) is 3.13. The molecule has 0 radical (unpaired) electrons. The lowest BCUT2D eigenvalue weighted by Crippen LogP contribution is -2.35. The number of aryl methyl sites for hydroxylation is 1. The van der Waals surface area contributed by atoms with Crippen LogP contribution in [0.4, 0.5) is 5.69 Å². The maximum absolute atomic E-state index is 11.9. The van der Waals surface area contributed by atoms with Crippen molar-refractivity contribution in [3.8, 4) is 0 Å². The van der Waals surface area contributed by atoms with Crippen molar-refractivity contribution in [3.63, 3.8) is 0 Å². The second-order valence-electron chi connectivity index (χ2n) is 4.58. The number of anilines is 1. The van der Waals surface area contributed by atoms with E-state index in [9.17, 15) is 9.59 Å². The average Bonchev–Trinajstić information content (AvgIpc) is 2.99. The van der Waals surface area contributed by atoms with Crippen LogP contribution in [0.3, 0.4) is 0 Å². The monoisotopic (exact) mass is 265 g/mol. The van der Waals surface area contributed by atoms with E-state index in [1.165, 1.54) is 0 Å². The fourth-order valence-electron chi connectivity index (χ4n) is 2.18. The molecule has 0 aromatic carbocycles. The van der Waals surface area contributed by atoms with Crippen LogP contribution in [0.15, 0.2) is 12.3 Å². The average molecular weight is 265 g/mol. The Kier molecular flexibility index (Phi) is 4.21. The quantitative estimate of drug-likeness (QED) is 0.793. The van der Waals surface area contributed by atoms with E-state index in [0.29, 0.717) is 18.0 Å². The molecule has 0 spiro atoms. The van der Waals surface area contributed by atoms with Crippen LogP contribution in [-0.2, 0) is 16.6 Å². The van der Waals surface area contributed by atoms with Gasteiger partial charge in [-0.1, -0.05) is 0 Å². The van der Waals surface area contributed by atoms with E-state index >= 15 is 0 Å². The number of rotatable bonds is 4. The number of esters is 1. The smallest absolute Gasteiger partial charge is 0.355 e. The number of nitrogens with one attached hydrogen (secondary N) is 2. The molecule has 1 aliphatic heterocycles. The topological polar surface area (TPSA) is 72.4 Å². The molecule has 6 heteroatoms. The molecular formula is C13H19N3O3. The summed E-state index contributed by atoms with van der Waals surface area (Å²) in [6.45, 7) is 2.97. The van der Waals surface area contributed by atoms with E-state index in [1.54, 1.807) is 30.8 Å². The molecule has 1 amide bonds. The van der Waals surface area contributed by atoms with Gasteiger partial charge in [-0.05, 0) is 32.4 Å². The fraction of sp³-hybridized carbons (Fsp3) is 0.538. The molecule has 1 atom stereocenters. The minimum Gasteiger partial charge on any atom is -0.461 e. The SMILES string of the molecule is CCOC(=O)c1cc(NC(=O)C2CCCN2)cn1C. The van der Waals surface area contributed by atoms with Crippen LogP contribution in [-0.4, -0.2) is 35.6 Å². The Labute approximate surface area is 112 Å². The lowest BCUT2D eigenvalue weighted by molar-refractivity contribution is -0.117. The van der Waals surface area contributed by atoms with Gasteiger partial charge in [0.25, 0.3) is 0 Å². The number of carbonyl (C=O) groups excluding carboxylic acids is 2. The summed E-state index contributed by atoms with van der Waals surface area (Å²) in [6.07, 6.45) is 3.57. The standard InChI is InChI=1S/C13H19N3O3/c1-3-19-13(18)11-7-9(8-16(11)2)15-12(17)10-5-4-6-14-10/h7-8,10,14H,3-6H2,1-2H3,(H,15,17). The molecule has 0 saturated carbocycles. The first-order chi connectivity index (χ1) is 9.11. The minimum atomic E-state index is -0.385. The van der Waals surface area contributed by atoms with Crippen molar-refractivity contribution in [2.75, 3.05) is 18.5 Å². The van der Waals surface area contributed by atoms with Crippen LogP contribution in [0.2, 0.25) is 0 Å². The minimum absolute atomic E-state index is 0.0569. The molecule has 0 aliphatic carbocycles. The molecule has 2 rings (SSSR count). The van der Waals surface area contributed by atoms with Crippen molar-refractivity contribution >= 4 is 17.6 Å². The summed E-state index contributed by atoms with van der Waals surface area (Å²) in [5.74, 6) is -0.442. The van der Waals surface area contributed by atoms with Gasteiger partial charge in [0.15, 0.2) is 0 Å². The molecule has 104 valence electrons. The number of ether oxygens (including phenoxy) is 1. The molecule has 1 unspecified atom stereocenters. The lowest BCUT2D eigenvalue weighted by Gasteiger charge is -2.09. The van der Waals surface area contributed by atoms with Crippen LogP contribution in [0, 0.1) is 0 Å². The first kappa shape index (κ1) is 13.6. The molecule has 1 saturated heterocycles. The van der Waals surface area contributed by atoms with E-state index in [0.717, 1.165) is 19.4 Å². The van der Waals surface area contributed by atoms with E-state index in [4.69, 9.17) is 4.74 Å². The zero-order chi connectivity index (χ0) is 13.8. The van der Waals surface area contributed by atoms with Crippen LogP contribution >= 0.6 is 0 Å². The van der Waals surface area contributed by atoms with Gasteiger partial charge in [0.1, 0.15) is 5.69 Å². The molecule has 6 nitrogen and oxygen atoms in total. The van der Waals surface area contributed by atoms with Crippen molar-refractivity contribution in [3.05, 3.63) is 18.0 Å². The Morgan fingerprint density at radius 2 is 2.37 bits per heavy atom. The number of carbonyl (C=O) groups is 2. The van der Waals surface area contributed by atoms with E-state index in [-0.39, 0.29) is 17.9 Å². The summed E-state index contributed by atoms with van der Waals surface area (Å²) >= 11 is 0.